The van der Waals surface area contributed by atoms with Gasteiger partial charge in [-0.25, -0.2) is 5.48 Å². The summed E-state index contributed by atoms with van der Waals surface area (Å²) in [6, 6.07) is 8.06. The highest BCUT2D eigenvalue weighted by Crippen LogP contribution is 2.60. The molecule has 1 saturated carbocycles. The molecule has 1 aromatic carbocycles. The van der Waals surface area contributed by atoms with Crippen LogP contribution in [0.4, 0.5) is 0 Å². The molecule has 3 atom stereocenters. The normalized spacial score (nSPS) is 24.4. The minimum absolute atomic E-state index is 0.0805. The summed E-state index contributed by atoms with van der Waals surface area (Å²) in [6.07, 6.45) is 3.72. The zero-order chi connectivity index (χ0) is 14.3. The molecule has 1 aliphatic carbocycles. The van der Waals surface area contributed by atoms with Crippen LogP contribution in [0.3, 0.4) is 0 Å². The molecule has 0 aliphatic heterocycles. The van der Waals surface area contributed by atoms with Crippen molar-refractivity contribution >= 4 is 5.91 Å². The van der Waals surface area contributed by atoms with Gasteiger partial charge in [0.05, 0.1) is 12.1 Å². The van der Waals surface area contributed by atoms with E-state index in [0.717, 1.165) is 11.1 Å². The first kappa shape index (κ1) is 12.9. The number of nitrogens with zero attached hydrogens (tertiary/aromatic N) is 2. The summed E-state index contributed by atoms with van der Waals surface area (Å²) in [5, 5.41) is 13.1. The predicted molar refractivity (Wildman–Crippen MR) is 73.3 cm³/mol. The minimum Gasteiger partial charge on any atom is -0.289 e. The van der Waals surface area contributed by atoms with Gasteiger partial charge in [0.2, 0.25) is 5.91 Å². The highest BCUT2D eigenvalue weighted by atomic mass is 16.5. The second-order valence-corrected chi connectivity index (χ2v) is 5.36. The maximum Gasteiger partial charge on any atom is 0.247 e. The van der Waals surface area contributed by atoms with Crippen LogP contribution in [-0.4, -0.2) is 20.9 Å². The first-order valence-corrected chi connectivity index (χ1v) is 6.61. The summed E-state index contributed by atoms with van der Waals surface area (Å²) in [5.41, 5.74) is 5.15. The fraction of sp³-hybridized carbons (Fsp3) is 0.333. The Hall–Kier alpha value is -2.14. The molecule has 3 rings (SSSR count). The zero-order valence-corrected chi connectivity index (χ0v) is 11.4. The molecule has 0 bridgehead atoms. The lowest BCUT2D eigenvalue weighted by Crippen LogP contribution is -2.21. The average molecular weight is 271 g/mol. The summed E-state index contributed by atoms with van der Waals surface area (Å²) in [7, 11) is 1.86. The number of benzene rings is 1. The molecule has 5 heteroatoms. The van der Waals surface area contributed by atoms with Crippen molar-refractivity contribution in [1.29, 1.82) is 0 Å². The summed E-state index contributed by atoms with van der Waals surface area (Å²) >= 11 is 0. The Labute approximate surface area is 117 Å². The SMILES string of the molecule is Cc1ccccc1[C@H]1[C@@H](C(=O)NO)[C@@H]1c1cnn(C)c1. The number of hydrogen-bond donors (Lipinski definition) is 2. The van der Waals surface area contributed by atoms with E-state index in [0.29, 0.717) is 0 Å². The number of hydroxylamine groups is 1. The van der Waals surface area contributed by atoms with Gasteiger partial charge in [0, 0.05) is 25.1 Å². The van der Waals surface area contributed by atoms with Crippen molar-refractivity contribution in [3.8, 4) is 0 Å². The van der Waals surface area contributed by atoms with Gasteiger partial charge in [0.15, 0.2) is 0 Å². The van der Waals surface area contributed by atoms with Crippen LogP contribution in [-0.2, 0) is 11.8 Å². The van der Waals surface area contributed by atoms with E-state index in [2.05, 4.69) is 5.10 Å². The molecule has 0 spiro atoms. The molecule has 1 amide bonds. The molecule has 0 saturated heterocycles. The minimum atomic E-state index is -0.327. The standard InChI is InChI=1S/C15H17N3O2/c1-9-5-3-4-6-11(9)13-12(14(13)15(19)17-20)10-7-16-18(2)8-10/h3-8,12-14,20H,1-2H3,(H,17,19)/t12-,13-,14+/m1/s1. The molecule has 5 nitrogen and oxygen atoms in total. The van der Waals surface area contributed by atoms with Crippen molar-refractivity contribution < 1.29 is 10.0 Å². The Morgan fingerprint density at radius 1 is 1.35 bits per heavy atom. The van der Waals surface area contributed by atoms with E-state index >= 15 is 0 Å². The van der Waals surface area contributed by atoms with Crippen molar-refractivity contribution in [2.45, 2.75) is 18.8 Å². The zero-order valence-electron chi connectivity index (χ0n) is 11.4. The van der Waals surface area contributed by atoms with Gasteiger partial charge in [-0.3, -0.25) is 14.7 Å². The Morgan fingerprint density at radius 2 is 2.10 bits per heavy atom. The van der Waals surface area contributed by atoms with Gasteiger partial charge < -0.3 is 0 Å². The van der Waals surface area contributed by atoms with Gasteiger partial charge in [-0.1, -0.05) is 24.3 Å². The maximum absolute atomic E-state index is 11.9. The van der Waals surface area contributed by atoms with E-state index in [1.54, 1.807) is 16.4 Å². The highest BCUT2D eigenvalue weighted by Gasteiger charge is 2.56. The van der Waals surface area contributed by atoms with Gasteiger partial charge in [-0.15, -0.1) is 0 Å². The summed E-state index contributed by atoms with van der Waals surface area (Å²) in [5.74, 6) is -0.373. The molecule has 0 unspecified atom stereocenters. The van der Waals surface area contributed by atoms with Crippen LogP contribution in [0.1, 0.15) is 28.5 Å². The number of carbonyl (C=O) groups excluding carboxylic acids is 1. The van der Waals surface area contributed by atoms with Crippen LogP contribution in [0.15, 0.2) is 36.7 Å². The molecule has 1 aliphatic rings. The van der Waals surface area contributed by atoms with Crippen LogP contribution >= 0.6 is 0 Å². The second-order valence-electron chi connectivity index (χ2n) is 5.36. The second kappa shape index (κ2) is 4.76. The number of aromatic nitrogens is 2. The predicted octanol–water partition coefficient (Wildman–Crippen LogP) is 1.73. The van der Waals surface area contributed by atoms with E-state index in [-0.39, 0.29) is 23.7 Å². The Morgan fingerprint density at radius 3 is 2.70 bits per heavy atom. The number of carbonyl (C=O) groups is 1. The fourth-order valence-corrected chi connectivity index (χ4v) is 3.09. The van der Waals surface area contributed by atoms with Gasteiger partial charge in [0.25, 0.3) is 0 Å². The van der Waals surface area contributed by atoms with E-state index in [1.807, 2.05) is 44.4 Å². The monoisotopic (exact) mass is 271 g/mol. The van der Waals surface area contributed by atoms with Crippen LogP contribution in [0.5, 0.6) is 0 Å². The molecule has 0 radical (unpaired) electrons. The molecule has 20 heavy (non-hydrogen) atoms. The van der Waals surface area contributed by atoms with Crippen molar-refractivity contribution in [2.24, 2.45) is 13.0 Å². The molecule has 2 N–H and O–H groups in total. The van der Waals surface area contributed by atoms with E-state index in [1.165, 1.54) is 5.56 Å². The van der Waals surface area contributed by atoms with Gasteiger partial charge >= 0.3 is 0 Å². The average Bonchev–Trinajstić information content (AvgIpc) is 3.04. The smallest absolute Gasteiger partial charge is 0.247 e. The Balaban J connectivity index is 1.97. The van der Waals surface area contributed by atoms with Gasteiger partial charge in [-0.2, -0.15) is 5.10 Å². The van der Waals surface area contributed by atoms with E-state index in [9.17, 15) is 4.79 Å². The number of hydrogen-bond acceptors (Lipinski definition) is 3. The summed E-state index contributed by atoms with van der Waals surface area (Å²) in [6.45, 7) is 2.04. The van der Waals surface area contributed by atoms with Crippen LogP contribution in [0, 0.1) is 12.8 Å². The Bertz CT molecular complexity index is 650. The molecule has 104 valence electrons. The lowest BCUT2D eigenvalue weighted by Gasteiger charge is -2.04. The molecule has 2 aromatic rings. The number of amides is 1. The largest absolute Gasteiger partial charge is 0.289 e. The third-order valence-corrected chi connectivity index (χ3v) is 4.09. The van der Waals surface area contributed by atoms with Gasteiger partial charge in [0.1, 0.15) is 0 Å². The quantitative estimate of drug-likeness (QED) is 0.660. The lowest BCUT2D eigenvalue weighted by molar-refractivity contribution is -0.130. The fourth-order valence-electron chi connectivity index (χ4n) is 3.09. The van der Waals surface area contributed by atoms with Crippen LogP contribution in [0.25, 0.3) is 0 Å². The molecule has 1 heterocycles. The van der Waals surface area contributed by atoms with Crippen LogP contribution in [0.2, 0.25) is 0 Å². The summed E-state index contributed by atoms with van der Waals surface area (Å²) < 4.78 is 1.73. The van der Waals surface area contributed by atoms with Gasteiger partial charge in [-0.05, 0) is 23.6 Å². The van der Waals surface area contributed by atoms with Crippen LogP contribution < -0.4 is 5.48 Å². The topological polar surface area (TPSA) is 67.2 Å². The first-order valence-electron chi connectivity index (χ1n) is 6.61. The first-order chi connectivity index (χ1) is 9.63. The number of aryl methyl sites for hydroxylation is 2. The van der Waals surface area contributed by atoms with E-state index in [4.69, 9.17) is 5.21 Å². The maximum atomic E-state index is 11.9. The molecular formula is C15H17N3O2. The molecular weight excluding hydrogens is 254 g/mol. The van der Waals surface area contributed by atoms with Crippen molar-refractivity contribution in [3.05, 3.63) is 53.3 Å². The molecule has 1 fully saturated rings. The van der Waals surface area contributed by atoms with Crippen molar-refractivity contribution in [3.63, 3.8) is 0 Å². The Kier molecular flexibility index (Phi) is 3.06. The lowest BCUT2D eigenvalue weighted by atomic mass is 10.0. The number of rotatable bonds is 3. The summed E-state index contributed by atoms with van der Waals surface area (Å²) in [4.78, 5) is 11.9. The van der Waals surface area contributed by atoms with E-state index < -0.39 is 0 Å². The van der Waals surface area contributed by atoms with Crippen molar-refractivity contribution in [1.82, 2.24) is 15.3 Å². The molecule has 1 aromatic heterocycles. The third-order valence-electron chi connectivity index (χ3n) is 4.09. The van der Waals surface area contributed by atoms with Crippen molar-refractivity contribution in [2.75, 3.05) is 0 Å². The third kappa shape index (κ3) is 2.00. The highest BCUT2D eigenvalue weighted by molar-refractivity contribution is 5.84. The number of nitrogens with one attached hydrogen (secondary N) is 1.